The molecular formula is C22H33N7O. The average Bonchev–Trinajstić information content (AvgIpc) is 2.79. The molecular weight excluding hydrogens is 378 g/mol. The fraction of sp³-hybridized carbons (Fsp3) is 0.500. The molecule has 2 heterocycles. The van der Waals surface area contributed by atoms with Gasteiger partial charge in [0.05, 0.1) is 19.7 Å². The number of piperazine rings is 1. The van der Waals surface area contributed by atoms with Crippen molar-refractivity contribution in [1.82, 2.24) is 25.1 Å². The lowest BCUT2D eigenvalue weighted by atomic mass is 10.0. The molecule has 8 nitrogen and oxygen atoms in total. The number of aliphatic imine (C=N–C) groups is 1. The van der Waals surface area contributed by atoms with Crippen LogP contribution < -0.4 is 15.0 Å². The van der Waals surface area contributed by atoms with Crippen LogP contribution in [0.15, 0.2) is 47.7 Å². The summed E-state index contributed by atoms with van der Waals surface area (Å²) in [5, 5.41) is 3.46. The summed E-state index contributed by atoms with van der Waals surface area (Å²) in [5.41, 5.74) is 1.15. The number of guanidine groups is 1. The molecule has 3 rings (SSSR count). The summed E-state index contributed by atoms with van der Waals surface area (Å²) in [6.07, 6.45) is 3.58. The van der Waals surface area contributed by atoms with Crippen LogP contribution in [0.25, 0.3) is 0 Å². The van der Waals surface area contributed by atoms with Gasteiger partial charge in [0.1, 0.15) is 5.75 Å². The number of anilines is 1. The molecule has 0 spiro atoms. The predicted molar refractivity (Wildman–Crippen MR) is 121 cm³/mol. The number of nitrogens with zero attached hydrogens (tertiary/aromatic N) is 6. The van der Waals surface area contributed by atoms with E-state index in [0.717, 1.165) is 55.9 Å². The van der Waals surface area contributed by atoms with E-state index in [1.54, 1.807) is 19.5 Å². The number of likely N-dealkylation sites (N-methyl/N-ethyl adjacent to an activating group) is 1. The average molecular weight is 412 g/mol. The van der Waals surface area contributed by atoms with Gasteiger partial charge in [0.2, 0.25) is 5.95 Å². The largest absolute Gasteiger partial charge is 0.496 e. The van der Waals surface area contributed by atoms with Crippen molar-refractivity contribution in [3.63, 3.8) is 0 Å². The summed E-state index contributed by atoms with van der Waals surface area (Å²) >= 11 is 0. The van der Waals surface area contributed by atoms with Gasteiger partial charge in [-0.3, -0.25) is 4.99 Å². The number of nitrogens with one attached hydrogen (secondary N) is 1. The SMILES string of the molecule is CCNC(=NCC(c1ccccc1OC)N(C)C)N1CCN(c2ncccn2)CC1. The molecule has 1 N–H and O–H groups in total. The van der Waals surface area contributed by atoms with E-state index in [1.165, 1.54) is 0 Å². The Hall–Kier alpha value is -2.87. The number of benzene rings is 1. The van der Waals surface area contributed by atoms with Gasteiger partial charge in [0.15, 0.2) is 5.96 Å². The minimum absolute atomic E-state index is 0.133. The van der Waals surface area contributed by atoms with Gasteiger partial charge in [0, 0.05) is 50.7 Å². The highest BCUT2D eigenvalue weighted by atomic mass is 16.5. The lowest BCUT2D eigenvalue weighted by molar-refractivity contribution is 0.293. The van der Waals surface area contributed by atoms with Crippen LogP contribution in [0, 0.1) is 0 Å². The first kappa shape index (κ1) is 21.8. The number of aromatic nitrogens is 2. The van der Waals surface area contributed by atoms with Gasteiger partial charge in [0.25, 0.3) is 0 Å². The van der Waals surface area contributed by atoms with E-state index < -0.39 is 0 Å². The normalized spacial score (nSPS) is 16.0. The Kier molecular flexibility index (Phi) is 7.84. The third-order valence-electron chi connectivity index (χ3n) is 5.28. The molecule has 162 valence electrons. The molecule has 0 saturated carbocycles. The molecule has 0 aliphatic carbocycles. The lowest BCUT2D eigenvalue weighted by Gasteiger charge is -2.36. The number of rotatable bonds is 7. The van der Waals surface area contributed by atoms with Crippen molar-refractivity contribution in [1.29, 1.82) is 0 Å². The first-order valence-corrected chi connectivity index (χ1v) is 10.5. The van der Waals surface area contributed by atoms with Crippen LogP contribution in [0.1, 0.15) is 18.5 Å². The number of ether oxygens (including phenoxy) is 1. The van der Waals surface area contributed by atoms with Crippen molar-refractivity contribution in [3.05, 3.63) is 48.3 Å². The number of para-hydroxylation sites is 1. The summed E-state index contributed by atoms with van der Waals surface area (Å²) in [5.74, 6) is 2.64. The Bertz CT molecular complexity index is 804. The summed E-state index contributed by atoms with van der Waals surface area (Å²) < 4.78 is 5.58. The van der Waals surface area contributed by atoms with Crippen LogP contribution in [0.3, 0.4) is 0 Å². The predicted octanol–water partition coefficient (Wildman–Crippen LogP) is 1.88. The first-order valence-electron chi connectivity index (χ1n) is 10.5. The molecule has 0 amide bonds. The fourth-order valence-corrected chi connectivity index (χ4v) is 3.65. The Morgan fingerprint density at radius 3 is 2.47 bits per heavy atom. The van der Waals surface area contributed by atoms with Gasteiger partial charge in [-0.05, 0) is 33.2 Å². The van der Waals surface area contributed by atoms with Crippen molar-refractivity contribution in [2.75, 3.05) is 65.4 Å². The third-order valence-corrected chi connectivity index (χ3v) is 5.28. The highest BCUT2D eigenvalue weighted by Gasteiger charge is 2.23. The second-order valence-corrected chi connectivity index (χ2v) is 7.44. The molecule has 0 radical (unpaired) electrons. The fourth-order valence-electron chi connectivity index (χ4n) is 3.65. The number of hydrogen-bond donors (Lipinski definition) is 1. The molecule has 1 aliphatic rings. The zero-order chi connectivity index (χ0) is 21.3. The Morgan fingerprint density at radius 1 is 1.13 bits per heavy atom. The number of hydrogen-bond acceptors (Lipinski definition) is 6. The summed E-state index contributed by atoms with van der Waals surface area (Å²) in [4.78, 5) is 20.5. The molecule has 1 aromatic carbocycles. The van der Waals surface area contributed by atoms with Gasteiger partial charge in [-0.1, -0.05) is 18.2 Å². The van der Waals surface area contributed by atoms with E-state index in [9.17, 15) is 0 Å². The maximum atomic E-state index is 5.58. The molecule has 1 atom stereocenters. The summed E-state index contributed by atoms with van der Waals surface area (Å²) in [6, 6.07) is 10.1. The molecule has 0 bridgehead atoms. The monoisotopic (exact) mass is 411 g/mol. The second kappa shape index (κ2) is 10.8. The van der Waals surface area contributed by atoms with Crippen molar-refractivity contribution in [2.24, 2.45) is 4.99 Å². The van der Waals surface area contributed by atoms with Gasteiger partial charge in [-0.2, -0.15) is 0 Å². The molecule has 1 fully saturated rings. The Labute approximate surface area is 179 Å². The van der Waals surface area contributed by atoms with Crippen LogP contribution in [-0.4, -0.2) is 86.2 Å². The van der Waals surface area contributed by atoms with E-state index in [0.29, 0.717) is 6.54 Å². The molecule has 1 unspecified atom stereocenters. The topological polar surface area (TPSA) is 69.1 Å². The van der Waals surface area contributed by atoms with Gasteiger partial charge < -0.3 is 24.8 Å². The van der Waals surface area contributed by atoms with E-state index >= 15 is 0 Å². The second-order valence-electron chi connectivity index (χ2n) is 7.44. The van der Waals surface area contributed by atoms with Crippen LogP contribution in [0.4, 0.5) is 5.95 Å². The first-order chi connectivity index (χ1) is 14.6. The van der Waals surface area contributed by atoms with Crippen molar-refractivity contribution in [3.8, 4) is 5.75 Å². The maximum absolute atomic E-state index is 5.58. The zero-order valence-electron chi connectivity index (χ0n) is 18.5. The Balaban J connectivity index is 1.70. The van der Waals surface area contributed by atoms with E-state index in [2.05, 4.69) is 57.1 Å². The summed E-state index contributed by atoms with van der Waals surface area (Å²) in [7, 11) is 5.88. The van der Waals surface area contributed by atoms with Gasteiger partial charge >= 0.3 is 0 Å². The van der Waals surface area contributed by atoms with Crippen molar-refractivity contribution < 1.29 is 4.74 Å². The van der Waals surface area contributed by atoms with Gasteiger partial charge in [-0.25, -0.2) is 9.97 Å². The smallest absolute Gasteiger partial charge is 0.225 e. The molecule has 1 aromatic heterocycles. The van der Waals surface area contributed by atoms with Gasteiger partial charge in [-0.15, -0.1) is 0 Å². The summed E-state index contributed by atoms with van der Waals surface area (Å²) in [6.45, 7) is 7.10. The quantitative estimate of drug-likeness (QED) is 0.551. The zero-order valence-corrected chi connectivity index (χ0v) is 18.5. The third kappa shape index (κ3) is 5.38. The van der Waals surface area contributed by atoms with E-state index in [4.69, 9.17) is 9.73 Å². The minimum atomic E-state index is 0.133. The van der Waals surface area contributed by atoms with Crippen LogP contribution in [0.5, 0.6) is 5.75 Å². The minimum Gasteiger partial charge on any atom is -0.496 e. The van der Waals surface area contributed by atoms with Crippen LogP contribution in [-0.2, 0) is 0 Å². The van der Waals surface area contributed by atoms with Crippen LogP contribution in [0.2, 0.25) is 0 Å². The Morgan fingerprint density at radius 2 is 1.83 bits per heavy atom. The lowest BCUT2D eigenvalue weighted by Crippen LogP contribution is -2.53. The van der Waals surface area contributed by atoms with Crippen molar-refractivity contribution in [2.45, 2.75) is 13.0 Å². The molecule has 8 heteroatoms. The molecule has 1 aliphatic heterocycles. The van der Waals surface area contributed by atoms with Crippen molar-refractivity contribution >= 4 is 11.9 Å². The highest BCUT2D eigenvalue weighted by molar-refractivity contribution is 5.80. The number of methoxy groups -OCH3 is 1. The highest BCUT2D eigenvalue weighted by Crippen LogP contribution is 2.28. The van der Waals surface area contributed by atoms with Crippen LogP contribution >= 0.6 is 0 Å². The molecule has 2 aromatic rings. The molecule has 1 saturated heterocycles. The maximum Gasteiger partial charge on any atom is 0.225 e. The molecule has 30 heavy (non-hydrogen) atoms. The standard InChI is InChI=1S/C22H33N7O/c1-5-23-21(28-13-15-29(16-14-28)22-24-11-8-12-25-22)26-17-19(27(2)3)18-9-6-7-10-20(18)30-4/h6-12,19H,5,13-17H2,1-4H3,(H,23,26). The van der Waals surface area contributed by atoms with E-state index in [1.807, 2.05) is 24.3 Å². The van der Waals surface area contributed by atoms with E-state index in [-0.39, 0.29) is 6.04 Å².